The average Bonchev–Trinajstić information content (AvgIpc) is 2.71. The van der Waals surface area contributed by atoms with Crippen molar-refractivity contribution in [3.8, 4) is 0 Å². The highest BCUT2D eigenvalue weighted by molar-refractivity contribution is 6.74. The van der Waals surface area contributed by atoms with Gasteiger partial charge in [0.25, 0.3) is 28.5 Å². The Balaban J connectivity index is 5.63. The monoisotopic (exact) mass is 416 g/mol. The summed E-state index contributed by atoms with van der Waals surface area (Å²) in [4.78, 5) is 0. The molecule has 0 N–H and O–H groups in total. The van der Waals surface area contributed by atoms with E-state index in [9.17, 15) is 0 Å². The third kappa shape index (κ3) is 7.22. The van der Waals surface area contributed by atoms with Crippen LogP contribution in [0.15, 0.2) is 23.0 Å². The Hall–Kier alpha value is -0.886. The van der Waals surface area contributed by atoms with E-state index in [1.54, 1.807) is 14.2 Å². The van der Waals surface area contributed by atoms with Gasteiger partial charge in [-0.3, -0.25) is 0 Å². The Morgan fingerprint density at radius 3 is 1.00 bits per heavy atom. The Kier molecular flexibility index (Phi) is 12.1. The molecule has 0 amide bonds. The molecule has 0 fully saturated rings. The van der Waals surface area contributed by atoms with Gasteiger partial charge in [-0.1, -0.05) is 41.5 Å². The van der Waals surface area contributed by atoms with Gasteiger partial charge < -0.3 is 18.3 Å². The molecule has 0 heterocycles. The van der Waals surface area contributed by atoms with Crippen molar-refractivity contribution in [1.29, 1.82) is 0 Å². The standard InChI is InChI=1S/C21H44O4Si2/c1-11-26(12-2,13-3)24-20(22-9)18(7)17-19(8)21(23-10)25-27(14-4,15-5)16-6/h11-17H2,1-10H3/b20-18+,21-19+. The van der Waals surface area contributed by atoms with Crippen LogP contribution >= 0.6 is 0 Å². The van der Waals surface area contributed by atoms with Gasteiger partial charge in [-0.05, 0) is 50.1 Å². The van der Waals surface area contributed by atoms with E-state index >= 15 is 0 Å². The van der Waals surface area contributed by atoms with E-state index in [2.05, 4.69) is 55.4 Å². The summed E-state index contributed by atoms with van der Waals surface area (Å²) < 4.78 is 24.2. The summed E-state index contributed by atoms with van der Waals surface area (Å²) in [7, 11) is -0.115. The van der Waals surface area contributed by atoms with Crippen LogP contribution in [0.5, 0.6) is 0 Å². The second-order valence-electron chi connectivity index (χ2n) is 7.41. The smallest absolute Gasteiger partial charge is 0.264 e. The van der Waals surface area contributed by atoms with Gasteiger partial charge in [0.05, 0.1) is 14.2 Å². The van der Waals surface area contributed by atoms with Crippen LogP contribution in [0.25, 0.3) is 0 Å². The maximum Gasteiger partial charge on any atom is 0.264 e. The topological polar surface area (TPSA) is 36.9 Å². The molecule has 0 unspecified atom stereocenters. The molecule has 0 saturated carbocycles. The van der Waals surface area contributed by atoms with Crippen molar-refractivity contribution in [2.75, 3.05) is 14.2 Å². The summed E-state index contributed by atoms with van der Waals surface area (Å²) in [5.74, 6) is 1.37. The highest BCUT2D eigenvalue weighted by Gasteiger charge is 2.34. The molecular weight excluding hydrogens is 372 g/mol. The lowest BCUT2D eigenvalue weighted by Gasteiger charge is -2.31. The molecule has 0 aliphatic carbocycles. The van der Waals surface area contributed by atoms with E-state index in [0.29, 0.717) is 11.9 Å². The van der Waals surface area contributed by atoms with Crippen LogP contribution in [0, 0.1) is 0 Å². The van der Waals surface area contributed by atoms with Crippen LogP contribution in [-0.4, -0.2) is 30.9 Å². The van der Waals surface area contributed by atoms with Crippen molar-refractivity contribution in [3.63, 3.8) is 0 Å². The molecule has 160 valence electrons. The highest BCUT2D eigenvalue weighted by Crippen LogP contribution is 2.30. The van der Waals surface area contributed by atoms with E-state index in [-0.39, 0.29) is 0 Å². The molecule has 0 rings (SSSR count). The van der Waals surface area contributed by atoms with Crippen LogP contribution in [0.4, 0.5) is 0 Å². The van der Waals surface area contributed by atoms with E-state index in [1.807, 2.05) is 0 Å². The number of hydrogen-bond acceptors (Lipinski definition) is 4. The van der Waals surface area contributed by atoms with Gasteiger partial charge in [-0.15, -0.1) is 0 Å². The number of methoxy groups -OCH3 is 2. The molecule has 0 aliphatic heterocycles. The highest BCUT2D eigenvalue weighted by atomic mass is 28.4. The maximum atomic E-state index is 6.48. The minimum absolute atomic E-state index is 0.687. The van der Waals surface area contributed by atoms with Crippen molar-refractivity contribution in [1.82, 2.24) is 0 Å². The number of allylic oxidation sites excluding steroid dienone is 2. The lowest BCUT2D eigenvalue weighted by molar-refractivity contribution is 0.133. The fourth-order valence-corrected chi connectivity index (χ4v) is 8.64. The zero-order valence-electron chi connectivity index (χ0n) is 19.6. The summed E-state index contributed by atoms with van der Waals surface area (Å²) in [6.07, 6.45) is 0.732. The summed E-state index contributed by atoms with van der Waals surface area (Å²) in [6.45, 7) is 17.5. The summed E-state index contributed by atoms with van der Waals surface area (Å²) in [6, 6.07) is 6.58. The van der Waals surface area contributed by atoms with Gasteiger partial charge in [0.2, 0.25) is 0 Å². The van der Waals surface area contributed by atoms with Crippen molar-refractivity contribution >= 4 is 16.6 Å². The molecule has 0 aromatic heterocycles. The minimum atomic E-state index is -1.76. The Morgan fingerprint density at radius 2 is 0.815 bits per heavy atom. The second kappa shape index (κ2) is 12.5. The first kappa shape index (κ1) is 26.1. The molecule has 0 saturated heterocycles. The minimum Gasteiger partial charge on any atom is -0.519 e. The van der Waals surface area contributed by atoms with Crippen LogP contribution in [-0.2, 0) is 18.3 Å². The molecule has 0 atom stereocenters. The first-order valence-electron chi connectivity index (χ1n) is 10.6. The summed E-state index contributed by atoms with van der Waals surface area (Å²) >= 11 is 0. The van der Waals surface area contributed by atoms with Crippen molar-refractivity contribution in [2.24, 2.45) is 0 Å². The largest absolute Gasteiger partial charge is 0.519 e. The summed E-state index contributed by atoms with van der Waals surface area (Å²) in [5, 5.41) is 0. The van der Waals surface area contributed by atoms with E-state index in [0.717, 1.165) is 53.8 Å². The zero-order valence-corrected chi connectivity index (χ0v) is 21.6. The molecule has 6 heteroatoms. The fraction of sp³-hybridized carbons (Fsp3) is 0.810. The number of hydrogen-bond donors (Lipinski definition) is 0. The van der Waals surface area contributed by atoms with E-state index < -0.39 is 16.6 Å². The average molecular weight is 417 g/mol. The molecule has 4 nitrogen and oxygen atoms in total. The SMILES string of the molecule is CC[Si](CC)(CC)O/C(OC)=C(\C)C/C(C)=C(\OC)O[Si](CC)(CC)CC. The Bertz CT molecular complexity index is 432. The quantitative estimate of drug-likeness (QED) is 0.222. The second-order valence-corrected chi connectivity index (χ2v) is 16.8. The van der Waals surface area contributed by atoms with Crippen LogP contribution in [0.3, 0.4) is 0 Å². The van der Waals surface area contributed by atoms with Crippen molar-refractivity contribution in [3.05, 3.63) is 23.0 Å². The molecule has 0 aliphatic rings. The van der Waals surface area contributed by atoms with E-state index in [1.165, 1.54) is 0 Å². The van der Waals surface area contributed by atoms with Crippen molar-refractivity contribution < 1.29 is 18.3 Å². The molecule has 0 radical (unpaired) electrons. The first-order chi connectivity index (χ1) is 12.8. The van der Waals surface area contributed by atoms with Gasteiger partial charge in [0, 0.05) is 17.6 Å². The van der Waals surface area contributed by atoms with Gasteiger partial charge in [0.15, 0.2) is 0 Å². The van der Waals surface area contributed by atoms with Crippen LogP contribution in [0.1, 0.15) is 61.8 Å². The Morgan fingerprint density at radius 1 is 0.556 bits per heavy atom. The third-order valence-corrected chi connectivity index (χ3v) is 15.1. The molecule has 27 heavy (non-hydrogen) atoms. The van der Waals surface area contributed by atoms with Crippen LogP contribution in [0.2, 0.25) is 36.3 Å². The first-order valence-corrected chi connectivity index (χ1v) is 15.7. The third-order valence-electron chi connectivity index (χ3n) is 6.08. The van der Waals surface area contributed by atoms with Gasteiger partial charge in [0.1, 0.15) is 0 Å². The number of rotatable bonds is 14. The Labute approximate surface area is 170 Å². The van der Waals surface area contributed by atoms with Crippen LogP contribution < -0.4 is 0 Å². The molecule has 0 bridgehead atoms. The predicted octanol–water partition coefficient (Wildman–Crippen LogP) is 7.18. The van der Waals surface area contributed by atoms with Crippen molar-refractivity contribution in [2.45, 2.75) is 98.1 Å². The molecule has 0 spiro atoms. The molecular formula is C21H44O4Si2. The van der Waals surface area contributed by atoms with Gasteiger partial charge in [-0.2, -0.15) is 0 Å². The van der Waals surface area contributed by atoms with Gasteiger partial charge in [-0.25, -0.2) is 0 Å². The zero-order chi connectivity index (χ0) is 21.1. The normalized spacial score (nSPS) is 14.3. The fourth-order valence-electron chi connectivity index (χ4n) is 3.47. The number of ether oxygens (including phenoxy) is 2. The van der Waals surface area contributed by atoms with Gasteiger partial charge >= 0.3 is 0 Å². The molecule has 0 aromatic rings. The maximum absolute atomic E-state index is 6.48. The lowest BCUT2D eigenvalue weighted by atomic mass is 10.1. The van der Waals surface area contributed by atoms with E-state index in [4.69, 9.17) is 18.3 Å². The lowest BCUT2D eigenvalue weighted by Crippen LogP contribution is -2.36. The predicted molar refractivity (Wildman–Crippen MR) is 121 cm³/mol. The molecule has 0 aromatic carbocycles. The summed E-state index contributed by atoms with van der Waals surface area (Å²) in [5.41, 5.74) is 2.19.